The van der Waals surface area contributed by atoms with Gasteiger partial charge >= 0.3 is 5.97 Å². The summed E-state index contributed by atoms with van der Waals surface area (Å²) in [4.78, 5) is 27.4. The normalized spacial score (nSPS) is 10.2. The molecule has 0 aliphatic heterocycles. The number of halogens is 3. The van der Waals surface area contributed by atoms with Gasteiger partial charge in [0.1, 0.15) is 23.0 Å². The van der Waals surface area contributed by atoms with Crippen molar-refractivity contribution in [1.29, 1.82) is 0 Å². The Morgan fingerprint density at radius 2 is 1.95 bits per heavy atom. The summed E-state index contributed by atoms with van der Waals surface area (Å²) in [5.74, 6) is -3.78. The van der Waals surface area contributed by atoms with Crippen LogP contribution in [0.15, 0.2) is 30.5 Å². The van der Waals surface area contributed by atoms with Gasteiger partial charge in [0.2, 0.25) is 0 Å². The number of benzene rings is 1. The summed E-state index contributed by atoms with van der Waals surface area (Å²) >= 11 is 5.42. The zero-order chi connectivity index (χ0) is 16.3. The largest absolute Gasteiger partial charge is 0.465 e. The molecular weight excluding hydrogens is 318 g/mol. The molecule has 5 nitrogen and oxygen atoms in total. The number of rotatable bonds is 3. The number of pyridine rings is 1. The summed E-state index contributed by atoms with van der Waals surface area (Å²) in [5.41, 5.74) is -0.587. The van der Waals surface area contributed by atoms with Gasteiger partial charge in [0.05, 0.1) is 17.7 Å². The molecule has 0 fully saturated rings. The van der Waals surface area contributed by atoms with Gasteiger partial charge in [-0.25, -0.2) is 18.6 Å². The average molecular weight is 327 g/mol. The van der Waals surface area contributed by atoms with Crippen LogP contribution in [0, 0.1) is 11.6 Å². The summed E-state index contributed by atoms with van der Waals surface area (Å²) in [7, 11) is 1.16. The van der Waals surface area contributed by atoms with Crippen molar-refractivity contribution in [2.45, 2.75) is 0 Å². The van der Waals surface area contributed by atoms with Gasteiger partial charge in [-0.3, -0.25) is 4.79 Å². The van der Waals surface area contributed by atoms with Gasteiger partial charge in [-0.2, -0.15) is 0 Å². The van der Waals surface area contributed by atoms with Crippen LogP contribution in [0.4, 0.5) is 14.6 Å². The van der Waals surface area contributed by atoms with Crippen LogP contribution in [-0.2, 0) is 4.74 Å². The van der Waals surface area contributed by atoms with E-state index >= 15 is 0 Å². The highest BCUT2D eigenvalue weighted by atomic mass is 35.5. The summed E-state index contributed by atoms with van der Waals surface area (Å²) < 4.78 is 31.6. The Hall–Kier alpha value is -2.54. The summed E-state index contributed by atoms with van der Waals surface area (Å²) in [6.07, 6.45) is 1.32. The molecule has 0 atom stereocenters. The Bertz CT molecular complexity index is 753. The predicted octanol–water partition coefficient (Wildman–Crippen LogP) is 3.05. The van der Waals surface area contributed by atoms with E-state index in [2.05, 4.69) is 15.0 Å². The standard InChI is InChI=1S/C14H9ClF2N2O3/c1-22-14(21)7-3-2-4-18-12(7)19-13(20)8-5-11(17)9(15)6-10(8)16/h2-6H,1H3,(H,18,19,20). The van der Waals surface area contributed by atoms with Crippen molar-refractivity contribution in [3.05, 3.63) is 58.2 Å². The number of nitrogens with zero attached hydrogens (tertiary/aromatic N) is 1. The second-order valence-electron chi connectivity index (χ2n) is 4.09. The second kappa shape index (κ2) is 6.48. The first-order chi connectivity index (χ1) is 10.4. The Kier molecular flexibility index (Phi) is 4.67. The van der Waals surface area contributed by atoms with Crippen molar-refractivity contribution < 1.29 is 23.1 Å². The fourth-order valence-corrected chi connectivity index (χ4v) is 1.80. The number of amides is 1. The quantitative estimate of drug-likeness (QED) is 0.695. The molecule has 2 rings (SSSR count). The molecule has 0 bridgehead atoms. The van der Waals surface area contributed by atoms with Crippen molar-refractivity contribution in [3.8, 4) is 0 Å². The number of hydrogen-bond donors (Lipinski definition) is 1. The Balaban J connectivity index is 2.34. The number of carbonyl (C=O) groups is 2. The minimum atomic E-state index is -1.00. The topological polar surface area (TPSA) is 68.3 Å². The van der Waals surface area contributed by atoms with Gasteiger partial charge in [-0.15, -0.1) is 0 Å². The van der Waals surface area contributed by atoms with Crippen LogP contribution in [-0.4, -0.2) is 24.0 Å². The van der Waals surface area contributed by atoms with Gasteiger partial charge in [0.15, 0.2) is 0 Å². The average Bonchev–Trinajstić information content (AvgIpc) is 2.50. The molecule has 0 spiro atoms. The van der Waals surface area contributed by atoms with E-state index in [-0.39, 0.29) is 11.4 Å². The molecule has 1 N–H and O–H groups in total. The first-order valence-corrected chi connectivity index (χ1v) is 6.31. The molecular formula is C14H9ClF2N2O3. The van der Waals surface area contributed by atoms with E-state index in [9.17, 15) is 18.4 Å². The van der Waals surface area contributed by atoms with Gasteiger partial charge in [0.25, 0.3) is 5.91 Å². The van der Waals surface area contributed by atoms with E-state index in [0.717, 1.165) is 7.11 Å². The van der Waals surface area contributed by atoms with Gasteiger partial charge in [-0.05, 0) is 24.3 Å². The van der Waals surface area contributed by atoms with E-state index in [1.165, 1.54) is 18.3 Å². The Morgan fingerprint density at radius 1 is 1.23 bits per heavy atom. The molecule has 0 aliphatic rings. The maximum Gasteiger partial charge on any atom is 0.341 e. The number of ether oxygens (including phenoxy) is 1. The number of anilines is 1. The molecule has 0 aliphatic carbocycles. The molecule has 0 radical (unpaired) electrons. The van der Waals surface area contributed by atoms with Crippen LogP contribution in [0.3, 0.4) is 0 Å². The number of hydrogen-bond acceptors (Lipinski definition) is 4. The molecule has 1 aromatic heterocycles. The third-order valence-corrected chi connectivity index (χ3v) is 2.99. The highest BCUT2D eigenvalue weighted by molar-refractivity contribution is 6.30. The minimum Gasteiger partial charge on any atom is -0.465 e. The van der Waals surface area contributed by atoms with Crippen LogP contribution in [0.2, 0.25) is 5.02 Å². The van der Waals surface area contributed by atoms with Crippen molar-refractivity contribution in [2.75, 3.05) is 12.4 Å². The lowest BCUT2D eigenvalue weighted by molar-refractivity contribution is 0.0601. The lowest BCUT2D eigenvalue weighted by Gasteiger charge is -2.09. The third-order valence-electron chi connectivity index (χ3n) is 2.70. The summed E-state index contributed by atoms with van der Waals surface area (Å²) in [6.45, 7) is 0. The number of carbonyl (C=O) groups excluding carboxylic acids is 2. The van der Waals surface area contributed by atoms with Crippen LogP contribution in [0.25, 0.3) is 0 Å². The summed E-state index contributed by atoms with van der Waals surface area (Å²) in [6, 6.07) is 4.18. The van der Waals surface area contributed by atoms with Crippen molar-refractivity contribution >= 4 is 29.3 Å². The first kappa shape index (κ1) is 15.8. The van der Waals surface area contributed by atoms with Crippen LogP contribution >= 0.6 is 11.6 Å². The lowest BCUT2D eigenvalue weighted by atomic mass is 10.2. The molecule has 114 valence electrons. The highest BCUT2D eigenvalue weighted by Gasteiger charge is 2.19. The van der Waals surface area contributed by atoms with Gasteiger partial charge < -0.3 is 10.1 Å². The van der Waals surface area contributed by atoms with Crippen molar-refractivity contribution in [3.63, 3.8) is 0 Å². The lowest BCUT2D eigenvalue weighted by Crippen LogP contribution is -2.18. The molecule has 1 aromatic carbocycles. The van der Waals surface area contributed by atoms with E-state index in [4.69, 9.17) is 11.6 Å². The zero-order valence-corrected chi connectivity index (χ0v) is 11.9. The number of esters is 1. The molecule has 2 aromatic rings. The fraction of sp³-hybridized carbons (Fsp3) is 0.0714. The SMILES string of the molecule is COC(=O)c1cccnc1NC(=O)c1cc(F)c(Cl)cc1F. The molecule has 1 amide bonds. The van der Waals surface area contributed by atoms with Crippen LogP contribution < -0.4 is 5.32 Å². The maximum absolute atomic E-state index is 13.7. The number of aromatic nitrogens is 1. The number of methoxy groups -OCH3 is 1. The molecule has 0 unspecified atom stereocenters. The monoisotopic (exact) mass is 326 g/mol. The van der Waals surface area contributed by atoms with Crippen LogP contribution in [0.5, 0.6) is 0 Å². The van der Waals surface area contributed by atoms with Crippen molar-refractivity contribution in [2.24, 2.45) is 0 Å². The van der Waals surface area contributed by atoms with E-state index in [1.54, 1.807) is 0 Å². The summed E-state index contributed by atoms with van der Waals surface area (Å²) in [5, 5.41) is 1.79. The Morgan fingerprint density at radius 3 is 2.64 bits per heavy atom. The van der Waals surface area contributed by atoms with Crippen LogP contribution in [0.1, 0.15) is 20.7 Å². The zero-order valence-electron chi connectivity index (χ0n) is 11.2. The predicted molar refractivity (Wildman–Crippen MR) is 74.9 cm³/mol. The van der Waals surface area contributed by atoms with Crippen molar-refractivity contribution in [1.82, 2.24) is 4.98 Å². The van der Waals surface area contributed by atoms with E-state index in [1.807, 2.05) is 0 Å². The smallest absolute Gasteiger partial charge is 0.341 e. The minimum absolute atomic E-state index is 0.0202. The second-order valence-corrected chi connectivity index (χ2v) is 4.50. The van der Waals surface area contributed by atoms with Gasteiger partial charge in [0, 0.05) is 6.20 Å². The molecule has 8 heteroatoms. The third kappa shape index (κ3) is 3.20. The van der Waals surface area contributed by atoms with E-state index in [0.29, 0.717) is 12.1 Å². The Labute approximate surface area is 128 Å². The number of nitrogens with one attached hydrogen (secondary N) is 1. The molecule has 1 heterocycles. The maximum atomic E-state index is 13.7. The molecule has 0 saturated heterocycles. The first-order valence-electron chi connectivity index (χ1n) is 5.93. The molecule has 0 saturated carbocycles. The molecule has 22 heavy (non-hydrogen) atoms. The van der Waals surface area contributed by atoms with E-state index < -0.39 is 34.1 Å². The van der Waals surface area contributed by atoms with Gasteiger partial charge in [-0.1, -0.05) is 11.6 Å². The fourth-order valence-electron chi connectivity index (χ4n) is 1.65. The highest BCUT2D eigenvalue weighted by Crippen LogP contribution is 2.21.